The Morgan fingerprint density at radius 3 is 2.57 bits per heavy atom. The fourth-order valence-corrected chi connectivity index (χ4v) is 2.13. The predicted octanol–water partition coefficient (Wildman–Crippen LogP) is 4.13. The standard InChI is InChI=1S/C18H12FNO/c1-2-16(13-8-10-15(19)11-9-13)21-17-7-3-5-14-6-4-12-20-18(14)17/h1,3-12,16H. The van der Waals surface area contributed by atoms with Crippen molar-refractivity contribution in [1.82, 2.24) is 4.98 Å². The summed E-state index contributed by atoms with van der Waals surface area (Å²) in [5.74, 6) is 2.89. The van der Waals surface area contributed by atoms with Crippen LogP contribution in [-0.2, 0) is 0 Å². The molecule has 3 rings (SSSR count). The average molecular weight is 277 g/mol. The van der Waals surface area contributed by atoms with Crippen LogP contribution >= 0.6 is 0 Å². The van der Waals surface area contributed by atoms with E-state index < -0.39 is 6.10 Å². The number of para-hydroxylation sites is 1. The van der Waals surface area contributed by atoms with Crippen molar-refractivity contribution < 1.29 is 9.13 Å². The van der Waals surface area contributed by atoms with Crippen LogP contribution in [-0.4, -0.2) is 4.98 Å². The lowest BCUT2D eigenvalue weighted by atomic mass is 10.1. The number of terminal acetylenes is 1. The van der Waals surface area contributed by atoms with E-state index in [9.17, 15) is 4.39 Å². The van der Waals surface area contributed by atoms with Crippen LogP contribution in [0.25, 0.3) is 10.9 Å². The largest absolute Gasteiger partial charge is 0.471 e. The molecule has 102 valence electrons. The zero-order chi connectivity index (χ0) is 14.7. The monoisotopic (exact) mass is 277 g/mol. The van der Waals surface area contributed by atoms with Gasteiger partial charge in [-0.3, -0.25) is 4.98 Å². The molecule has 0 radical (unpaired) electrons. The molecule has 3 heteroatoms. The highest BCUT2D eigenvalue weighted by Crippen LogP contribution is 2.28. The Balaban J connectivity index is 1.96. The van der Waals surface area contributed by atoms with Crippen LogP contribution in [0.4, 0.5) is 4.39 Å². The van der Waals surface area contributed by atoms with Gasteiger partial charge in [0, 0.05) is 17.1 Å². The third-order valence-electron chi connectivity index (χ3n) is 3.16. The van der Waals surface area contributed by atoms with Gasteiger partial charge in [-0.05, 0) is 24.3 Å². The van der Waals surface area contributed by atoms with Crippen molar-refractivity contribution in [2.24, 2.45) is 0 Å². The molecule has 1 unspecified atom stereocenters. The highest BCUT2D eigenvalue weighted by atomic mass is 19.1. The van der Waals surface area contributed by atoms with Crippen LogP contribution in [0.3, 0.4) is 0 Å². The first kappa shape index (κ1) is 13.1. The van der Waals surface area contributed by atoms with Gasteiger partial charge in [-0.25, -0.2) is 4.39 Å². The number of hydrogen-bond acceptors (Lipinski definition) is 2. The normalized spacial score (nSPS) is 11.8. The molecule has 0 bridgehead atoms. The molecule has 0 amide bonds. The van der Waals surface area contributed by atoms with E-state index in [1.54, 1.807) is 18.3 Å². The predicted molar refractivity (Wildman–Crippen MR) is 80.3 cm³/mol. The third kappa shape index (κ3) is 2.70. The molecule has 2 aromatic carbocycles. The van der Waals surface area contributed by atoms with Gasteiger partial charge in [0.15, 0.2) is 6.10 Å². The SMILES string of the molecule is C#CC(Oc1cccc2cccnc12)c1ccc(F)cc1. The Hall–Kier alpha value is -2.86. The second-order valence-electron chi connectivity index (χ2n) is 4.55. The highest BCUT2D eigenvalue weighted by Gasteiger charge is 2.12. The first-order valence-corrected chi connectivity index (χ1v) is 6.50. The summed E-state index contributed by atoms with van der Waals surface area (Å²) in [5.41, 5.74) is 1.48. The van der Waals surface area contributed by atoms with Gasteiger partial charge in [0.2, 0.25) is 0 Å². The van der Waals surface area contributed by atoms with Crippen LogP contribution in [0.15, 0.2) is 60.8 Å². The van der Waals surface area contributed by atoms with Crippen molar-refractivity contribution in [3.8, 4) is 18.1 Å². The minimum Gasteiger partial charge on any atom is -0.471 e. The van der Waals surface area contributed by atoms with Crippen molar-refractivity contribution in [3.63, 3.8) is 0 Å². The van der Waals surface area contributed by atoms with Gasteiger partial charge in [-0.15, -0.1) is 6.42 Å². The van der Waals surface area contributed by atoms with Gasteiger partial charge in [0.05, 0.1) is 0 Å². The summed E-state index contributed by atoms with van der Waals surface area (Å²) in [6.07, 6.45) is 6.67. The summed E-state index contributed by atoms with van der Waals surface area (Å²) >= 11 is 0. The van der Waals surface area contributed by atoms with E-state index in [0.29, 0.717) is 5.75 Å². The number of nitrogens with zero attached hydrogens (tertiary/aromatic N) is 1. The molecule has 0 fully saturated rings. The van der Waals surface area contributed by atoms with Gasteiger partial charge >= 0.3 is 0 Å². The molecule has 1 heterocycles. The lowest BCUT2D eigenvalue weighted by molar-refractivity contribution is 0.268. The van der Waals surface area contributed by atoms with Gasteiger partial charge in [0.1, 0.15) is 17.1 Å². The lowest BCUT2D eigenvalue weighted by Gasteiger charge is -2.15. The zero-order valence-corrected chi connectivity index (χ0v) is 11.2. The quantitative estimate of drug-likeness (QED) is 0.672. The summed E-state index contributed by atoms with van der Waals surface area (Å²) in [6, 6.07) is 15.5. The highest BCUT2D eigenvalue weighted by molar-refractivity contribution is 5.84. The molecule has 1 atom stereocenters. The second-order valence-corrected chi connectivity index (χ2v) is 4.55. The van der Waals surface area contributed by atoms with Crippen molar-refractivity contribution in [2.45, 2.75) is 6.10 Å². The molecule has 0 spiro atoms. The number of ether oxygens (including phenoxy) is 1. The molecular formula is C18H12FNO. The summed E-state index contributed by atoms with van der Waals surface area (Å²) in [4.78, 5) is 4.32. The zero-order valence-electron chi connectivity index (χ0n) is 11.2. The van der Waals surface area contributed by atoms with Gasteiger partial charge in [-0.2, -0.15) is 0 Å². The maximum absolute atomic E-state index is 13.0. The van der Waals surface area contributed by atoms with Crippen molar-refractivity contribution in [3.05, 3.63) is 72.2 Å². The molecule has 21 heavy (non-hydrogen) atoms. The fourth-order valence-electron chi connectivity index (χ4n) is 2.13. The number of aromatic nitrogens is 1. The molecule has 0 aliphatic heterocycles. The minimum atomic E-state index is -0.585. The topological polar surface area (TPSA) is 22.1 Å². The van der Waals surface area contributed by atoms with E-state index in [4.69, 9.17) is 11.2 Å². The first-order chi connectivity index (χ1) is 10.3. The van der Waals surface area contributed by atoms with E-state index in [1.807, 2.05) is 30.3 Å². The van der Waals surface area contributed by atoms with Crippen LogP contribution in [0, 0.1) is 18.2 Å². The minimum absolute atomic E-state index is 0.304. The summed E-state index contributed by atoms with van der Waals surface area (Å²) in [7, 11) is 0. The Morgan fingerprint density at radius 1 is 1.05 bits per heavy atom. The van der Waals surface area contributed by atoms with E-state index in [-0.39, 0.29) is 5.82 Å². The van der Waals surface area contributed by atoms with Crippen LogP contribution < -0.4 is 4.74 Å². The second kappa shape index (κ2) is 5.64. The maximum Gasteiger partial charge on any atom is 0.184 e. The molecule has 0 saturated heterocycles. The van der Waals surface area contributed by atoms with Crippen molar-refractivity contribution in [1.29, 1.82) is 0 Å². The smallest absolute Gasteiger partial charge is 0.184 e. The maximum atomic E-state index is 13.0. The van der Waals surface area contributed by atoms with Crippen LogP contribution in [0.1, 0.15) is 11.7 Å². The number of rotatable bonds is 3. The molecule has 0 saturated carbocycles. The number of pyridine rings is 1. The summed E-state index contributed by atoms with van der Waals surface area (Å²) < 4.78 is 18.9. The van der Waals surface area contributed by atoms with E-state index in [1.165, 1.54) is 12.1 Å². The molecule has 3 aromatic rings. The Morgan fingerprint density at radius 2 is 1.81 bits per heavy atom. The van der Waals surface area contributed by atoms with Crippen LogP contribution in [0.5, 0.6) is 5.75 Å². The number of halogens is 1. The summed E-state index contributed by atoms with van der Waals surface area (Å²) in [5, 5.41) is 0.977. The molecule has 1 aromatic heterocycles. The number of benzene rings is 2. The van der Waals surface area contributed by atoms with Gasteiger partial charge < -0.3 is 4.74 Å². The van der Waals surface area contributed by atoms with Crippen molar-refractivity contribution in [2.75, 3.05) is 0 Å². The fraction of sp³-hybridized carbons (Fsp3) is 0.0556. The van der Waals surface area contributed by atoms with E-state index in [2.05, 4.69) is 10.9 Å². The van der Waals surface area contributed by atoms with Crippen LogP contribution in [0.2, 0.25) is 0 Å². The van der Waals surface area contributed by atoms with E-state index in [0.717, 1.165) is 16.5 Å². The average Bonchev–Trinajstić information content (AvgIpc) is 2.54. The lowest BCUT2D eigenvalue weighted by Crippen LogP contribution is -2.05. The number of fused-ring (bicyclic) bond motifs is 1. The van der Waals surface area contributed by atoms with Crippen molar-refractivity contribution >= 4 is 10.9 Å². The molecular weight excluding hydrogens is 265 g/mol. The Bertz CT molecular complexity index is 800. The molecule has 2 nitrogen and oxygen atoms in total. The molecule has 0 aliphatic rings. The molecule has 0 N–H and O–H groups in total. The molecule has 0 aliphatic carbocycles. The third-order valence-corrected chi connectivity index (χ3v) is 3.16. The Kier molecular flexibility index (Phi) is 3.53. The number of hydrogen-bond donors (Lipinski definition) is 0. The van der Waals surface area contributed by atoms with Gasteiger partial charge in [-0.1, -0.05) is 36.3 Å². The Labute approximate surface area is 122 Å². The summed E-state index contributed by atoms with van der Waals surface area (Å²) in [6.45, 7) is 0. The first-order valence-electron chi connectivity index (χ1n) is 6.50. The van der Waals surface area contributed by atoms with E-state index >= 15 is 0 Å². The van der Waals surface area contributed by atoms with Gasteiger partial charge in [0.25, 0.3) is 0 Å².